The first-order chi connectivity index (χ1) is 15.3. The molecule has 8 heteroatoms. The van der Waals surface area contributed by atoms with Crippen LogP contribution in [0, 0.1) is 5.92 Å². The first-order valence-electron chi connectivity index (χ1n) is 10.2. The number of amides is 1. The van der Waals surface area contributed by atoms with Gasteiger partial charge in [0, 0.05) is 16.4 Å². The molecule has 5 nitrogen and oxygen atoms in total. The number of carbonyl (C=O) groups excluding carboxylic acids is 1. The Bertz CT molecular complexity index is 1100. The number of carboxylic acid groups (broad SMARTS) is 1. The van der Waals surface area contributed by atoms with Crippen LogP contribution in [0.15, 0.2) is 54.6 Å². The molecule has 3 aromatic rings. The number of halogens is 2. The zero-order valence-corrected chi connectivity index (χ0v) is 19.9. The Hall–Kier alpha value is -2.38. The molecule has 0 aliphatic carbocycles. The smallest absolute Gasteiger partial charge is 0.348 e. The van der Waals surface area contributed by atoms with Crippen molar-refractivity contribution < 1.29 is 14.7 Å². The van der Waals surface area contributed by atoms with Gasteiger partial charge in [0.2, 0.25) is 0 Å². The number of hydrogen-bond donors (Lipinski definition) is 2. The maximum absolute atomic E-state index is 13.6. The van der Waals surface area contributed by atoms with Crippen molar-refractivity contribution in [2.45, 2.75) is 19.8 Å². The van der Waals surface area contributed by atoms with Crippen molar-refractivity contribution in [1.82, 2.24) is 0 Å². The highest BCUT2D eigenvalue weighted by molar-refractivity contribution is 7.18. The maximum atomic E-state index is 13.6. The second-order valence-corrected chi connectivity index (χ2v) is 9.47. The fourth-order valence-electron chi connectivity index (χ4n) is 3.45. The van der Waals surface area contributed by atoms with E-state index in [0.29, 0.717) is 23.8 Å². The minimum atomic E-state index is -1.08. The average molecular weight is 491 g/mol. The molecule has 0 radical (unpaired) electrons. The highest BCUT2D eigenvalue weighted by Crippen LogP contribution is 2.38. The average Bonchev–Trinajstić information content (AvgIpc) is 3.22. The van der Waals surface area contributed by atoms with Crippen LogP contribution >= 0.6 is 34.5 Å². The number of nitrogens with zero attached hydrogens (tertiary/aromatic N) is 1. The van der Waals surface area contributed by atoms with Gasteiger partial charge in [0.05, 0.1) is 16.3 Å². The lowest BCUT2D eigenvalue weighted by Crippen LogP contribution is -2.35. The highest BCUT2D eigenvalue weighted by Gasteiger charge is 2.28. The summed E-state index contributed by atoms with van der Waals surface area (Å²) in [6.07, 6.45) is 1.63. The van der Waals surface area contributed by atoms with Crippen LogP contribution in [0.2, 0.25) is 10.0 Å². The predicted octanol–water partition coefficient (Wildman–Crippen LogP) is 6.44. The van der Waals surface area contributed by atoms with Gasteiger partial charge in [-0.05, 0) is 55.1 Å². The molecule has 1 aromatic heterocycles. The molecular formula is C24H24Cl2N2O3S. The number of rotatable bonds is 9. The maximum Gasteiger partial charge on any atom is 0.348 e. The molecule has 1 unspecified atom stereocenters. The van der Waals surface area contributed by atoms with Crippen molar-refractivity contribution >= 4 is 52.1 Å². The molecule has 0 saturated carbocycles. The number of anilines is 1. The molecule has 32 heavy (non-hydrogen) atoms. The van der Waals surface area contributed by atoms with E-state index in [4.69, 9.17) is 28.9 Å². The Morgan fingerprint density at radius 1 is 1.12 bits per heavy atom. The number of thiophene rings is 1. The van der Waals surface area contributed by atoms with Gasteiger partial charge in [0.15, 0.2) is 0 Å². The minimum Gasteiger partial charge on any atom is -0.477 e. The quantitative estimate of drug-likeness (QED) is 0.361. The lowest BCUT2D eigenvalue weighted by molar-refractivity contribution is 0.0703. The monoisotopic (exact) mass is 490 g/mol. The molecule has 0 aliphatic heterocycles. The van der Waals surface area contributed by atoms with Gasteiger partial charge in [0.1, 0.15) is 4.88 Å². The van der Waals surface area contributed by atoms with E-state index < -0.39 is 5.97 Å². The molecule has 3 N–H and O–H groups in total. The summed E-state index contributed by atoms with van der Waals surface area (Å²) in [5.74, 6) is -1.34. The SMILES string of the molecule is CC(CCCN)CN(C(=O)c1ccc(Cl)cc1Cl)c1cc(-c2ccccc2)sc1C(=O)O. The Labute approximate surface area is 201 Å². The van der Waals surface area contributed by atoms with Crippen LogP contribution in [-0.2, 0) is 0 Å². The van der Waals surface area contributed by atoms with Gasteiger partial charge in [-0.3, -0.25) is 4.79 Å². The zero-order valence-electron chi connectivity index (χ0n) is 17.6. The van der Waals surface area contributed by atoms with Crippen molar-refractivity contribution in [2.75, 3.05) is 18.0 Å². The van der Waals surface area contributed by atoms with Gasteiger partial charge in [-0.1, -0.05) is 60.5 Å². The van der Waals surface area contributed by atoms with Crippen LogP contribution < -0.4 is 10.6 Å². The van der Waals surface area contributed by atoms with E-state index in [0.717, 1.165) is 34.6 Å². The molecule has 0 saturated heterocycles. The fourth-order valence-corrected chi connectivity index (χ4v) is 4.94. The van der Waals surface area contributed by atoms with E-state index in [9.17, 15) is 14.7 Å². The third-order valence-corrected chi connectivity index (χ3v) is 6.77. The predicted molar refractivity (Wildman–Crippen MR) is 132 cm³/mol. The lowest BCUT2D eigenvalue weighted by atomic mass is 10.0. The fraction of sp³-hybridized carbons (Fsp3) is 0.250. The number of hydrogen-bond acceptors (Lipinski definition) is 4. The molecular weight excluding hydrogens is 467 g/mol. The van der Waals surface area contributed by atoms with Gasteiger partial charge in [0.25, 0.3) is 5.91 Å². The number of nitrogens with two attached hydrogens (primary N) is 1. The van der Waals surface area contributed by atoms with Crippen LogP contribution in [0.5, 0.6) is 0 Å². The van der Waals surface area contributed by atoms with Crippen LogP contribution in [0.25, 0.3) is 10.4 Å². The number of carbonyl (C=O) groups is 2. The normalized spacial score (nSPS) is 11.9. The van der Waals surface area contributed by atoms with Gasteiger partial charge >= 0.3 is 5.97 Å². The summed E-state index contributed by atoms with van der Waals surface area (Å²) in [7, 11) is 0. The van der Waals surface area contributed by atoms with Gasteiger partial charge in [-0.15, -0.1) is 11.3 Å². The molecule has 0 aliphatic rings. The van der Waals surface area contributed by atoms with Crippen LogP contribution in [-0.4, -0.2) is 30.1 Å². The summed E-state index contributed by atoms with van der Waals surface area (Å²) in [5.41, 5.74) is 7.16. The topological polar surface area (TPSA) is 83.6 Å². The summed E-state index contributed by atoms with van der Waals surface area (Å²) in [5, 5.41) is 10.5. The van der Waals surface area contributed by atoms with E-state index in [1.165, 1.54) is 11.0 Å². The van der Waals surface area contributed by atoms with E-state index >= 15 is 0 Å². The Kier molecular flexibility index (Phi) is 8.32. The second kappa shape index (κ2) is 11.0. The van der Waals surface area contributed by atoms with Crippen LogP contribution in [0.4, 0.5) is 5.69 Å². The Morgan fingerprint density at radius 2 is 1.84 bits per heavy atom. The third-order valence-electron chi connectivity index (χ3n) is 5.06. The minimum absolute atomic E-state index is 0.105. The van der Waals surface area contributed by atoms with Gasteiger partial charge in [-0.2, -0.15) is 0 Å². The van der Waals surface area contributed by atoms with Gasteiger partial charge in [-0.25, -0.2) is 4.79 Å². The third kappa shape index (κ3) is 5.70. The molecule has 2 aromatic carbocycles. The van der Waals surface area contributed by atoms with Crippen molar-refractivity contribution in [3.63, 3.8) is 0 Å². The van der Waals surface area contributed by atoms with E-state index in [1.54, 1.807) is 18.2 Å². The summed E-state index contributed by atoms with van der Waals surface area (Å²) < 4.78 is 0. The lowest BCUT2D eigenvalue weighted by Gasteiger charge is -2.26. The number of aromatic carboxylic acids is 1. The molecule has 1 amide bonds. The van der Waals surface area contributed by atoms with E-state index in [-0.39, 0.29) is 27.3 Å². The van der Waals surface area contributed by atoms with Gasteiger partial charge < -0.3 is 15.7 Å². The Balaban J connectivity index is 2.09. The van der Waals surface area contributed by atoms with Crippen molar-refractivity contribution in [3.05, 3.63) is 75.1 Å². The molecule has 1 heterocycles. The summed E-state index contributed by atoms with van der Waals surface area (Å²) in [6.45, 7) is 2.91. The highest BCUT2D eigenvalue weighted by atomic mass is 35.5. The summed E-state index contributed by atoms with van der Waals surface area (Å²) in [6, 6.07) is 15.9. The molecule has 3 rings (SSSR count). The first kappa shape index (κ1) is 24.3. The largest absolute Gasteiger partial charge is 0.477 e. The van der Waals surface area contributed by atoms with E-state index in [2.05, 4.69) is 0 Å². The number of carboxylic acids is 1. The number of benzene rings is 2. The van der Waals surface area contributed by atoms with Crippen LogP contribution in [0.3, 0.4) is 0 Å². The van der Waals surface area contributed by atoms with E-state index in [1.807, 2.05) is 37.3 Å². The molecule has 168 valence electrons. The van der Waals surface area contributed by atoms with Crippen molar-refractivity contribution in [3.8, 4) is 10.4 Å². The molecule has 0 spiro atoms. The zero-order chi connectivity index (χ0) is 23.3. The first-order valence-corrected chi connectivity index (χ1v) is 11.8. The Morgan fingerprint density at radius 3 is 2.47 bits per heavy atom. The summed E-state index contributed by atoms with van der Waals surface area (Å²) in [4.78, 5) is 28.1. The molecule has 0 fully saturated rings. The molecule has 0 bridgehead atoms. The van der Waals surface area contributed by atoms with Crippen molar-refractivity contribution in [1.29, 1.82) is 0 Å². The second-order valence-electron chi connectivity index (χ2n) is 7.57. The summed E-state index contributed by atoms with van der Waals surface area (Å²) >= 11 is 13.5. The van der Waals surface area contributed by atoms with Crippen LogP contribution in [0.1, 0.15) is 39.8 Å². The van der Waals surface area contributed by atoms with Crippen molar-refractivity contribution in [2.24, 2.45) is 11.7 Å². The standard InChI is InChI=1S/C24H24Cl2N2O3S/c1-15(6-5-11-27)14-28(23(29)18-10-9-17(25)12-19(18)26)20-13-21(32-22(20)24(30)31)16-7-3-2-4-8-16/h2-4,7-10,12-13,15H,5-6,11,14,27H2,1H3,(H,30,31). The molecule has 1 atom stereocenters.